The van der Waals surface area contributed by atoms with E-state index in [1.807, 2.05) is 24.0 Å². The molecule has 1 N–H and O–H groups in total. The third-order valence-corrected chi connectivity index (χ3v) is 3.64. The number of carbonyl (C=O) groups excluding carboxylic acids is 1. The molecule has 106 valence electrons. The van der Waals surface area contributed by atoms with Gasteiger partial charge in [-0.3, -0.25) is 4.79 Å². The molecular weight excluding hydrogens is 240 g/mol. The number of piperidine rings is 1. The fourth-order valence-corrected chi connectivity index (χ4v) is 2.52. The van der Waals surface area contributed by atoms with Crippen molar-refractivity contribution in [3.8, 4) is 0 Å². The van der Waals surface area contributed by atoms with E-state index in [0.717, 1.165) is 30.9 Å². The first-order valence-electron chi connectivity index (χ1n) is 7.17. The monoisotopic (exact) mass is 264 g/mol. The van der Waals surface area contributed by atoms with Gasteiger partial charge >= 0.3 is 0 Å². The number of furan rings is 1. The molecule has 1 fully saturated rings. The summed E-state index contributed by atoms with van der Waals surface area (Å²) in [6.07, 6.45) is 3.25. The first-order chi connectivity index (χ1) is 9.08. The third kappa shape index (κ3) is 3.60. The van der Waals surface area contributed by atoms with Gasteiger partial charge in [-0.1, -0.05) is 6.42 Å². The quantitative estimate of drug-likeness (QED) is 0.908. The zero-order valence-corrected chi connectivity index (χ0v) is 12.1. The Morgan fingerprint density at radius 3 is 2.79 bits per heavy atom. The van der Waals surface area contributed by atoms with Gasteiger partial charge in [-0.15, -0.1) is 0 Å². The fraction of sp³-hybridized carbons (Fsp3) is 0.667. The van der Waals surface area contributed by atoms with E-state index in [1.165, 1.54) is 6.42 Å². The second-order valence-electron chi connectivity index (χ2n) is 5.57. The molecule has 19 heavy (non-hydrogen) atoms. The van der Waals surface area contributed by atoms with E-state index in [0.29, 0.717) is 6.54 Å². The van der Waals surface area contributed by atoms with Gasteiger partial charge in [-0.25, -0.2) is 0 Å². The zero-order chi connectivity index (χ0) is 13.8. The maximum absolute atomic E-state index is 12.6. The smallest absolute Gasteiger partial charge is 0.240 e. The Labute approximate surface area is 115 Å². The maximum Gasteiger partial charge on any atom is 0.240 e. The van der Waals surface area contributed by atoms with Crippen molar-refractivity contribution >= 4 is 5.91 Å². The first-order valence-corrected chi connectivity index (χ1v) is 7.17. The number of nitrogens with zero attached hydrogens (tertiary/aromatic N) is 1. The molecular formula is C15H24N2O2. The molecule has 1 aromatic rings. The summed E-state index contributed by atoms with van der Waals surface area (Å²) in [6.45, 7) is 7.53. The van der Waals surface area contributed by atoms with Crippen LogP contribution < -0.4 is 5.32 Å². The van der Waals surface area contributed by atoms with Crippen LogP contribution in [-0.2, 0) is 11.3 Å². The minimum Gasteiger partial charge on any atom is -0.464 e. The maximum atomic E-state index is 12.6. The molecule has 0 aromatic carbocycles. The summed E-state index contributed by atoms with van der Waals surface area (Å²) in [7, 11) is 0. The van der Waals surface area contributed by atoms with Crippen molar-refractivity contribution in [2.75, 3.05) is 6.54 Å². The van der Waals surface area contributed by atoms with Crippen molar-refractivity contribution in [2.24, 2.45) is 0 Å². The highest BCUT2D eigenvalue weighted by Crippen LogP contribution is 2.16. The van der Waals surface area contributed by atoms with Crippen LogP contribution in [-0.4, -0.2) is 29.4 Å². The highest BCUT2D eigenvalue weighted by atomic mass is 16.3. The molecule has 0 spiro atoms. The van der Waals surface area contributed by atoms with Gasteiger partial charge < -0.3 is 14.6 Å². The molecule has 1 unspecified atom stereocenters. The van der Waals surface area contributed by atoms with E-state index in [1.54, 1.807) is 0 Å². The molecule has 1 aliphatic heterocycles. The number of hydrogen-bond donors (Lipinski definition) is 1. The molecule has 0 radical (unpaired) electrons. The minimum atomic E-state index is -0.0211. The first kappa shape index (κ1) is 14.1. The van der Waals surface area contributed by atoms with Gasteiger partial charge in [0.1, 0.15) is 11.5 Å². The van der Waals surface area contributed by atoms with Crippen molar-refractivity contribution in [3.63, 3.8) is 0 Å². The van der Waals surface area contributed by atoms with Crippen LogP contribution in [0.15, 0.2) is 16.5 Å². The van der Waals surface area contributed by atoms with Crippen LogP contribution in [0.4, 0.5) is 0 Å². The van der Waals surface area contributed by atoms with E-state index in [-0.39, 0.29) is 18.0 Å². The predicted octanol–water partition coefficient (Wildman–Crippen LogP) is 2.47. The van der Waals surface area contributed by atoms with Crippen molar-refractivity contribution in [1.82, 2.24) is 10.2 Å². The van der Waals surface area contributed by atoms with Crippen molar-refractivity contribution < 1.29 is 9.21 Å². The molecule has 1 saturated heterocycles. The summed E-state index contributed by atoms with van der Waals surface area (Å²) in [5.74, 6) is 1.95. The molecule has 1 amide bonds. The number of aryl methyl sites for hydroxylation is 1. The Kier molecular flexibility index (Phi) is 4.64. The lowest BCUT2D eigenvalue weighted by Crippen LogP contribution is -2.50. The van der Waals surface area contributed by atoms with Gasteiger partial charge in [0, 0.05) is 6.04 Å². The van der Waals surface area contributed by atoms with E-state index in [9.17, 15) is 4.79 Å². The lowest BCUT2D eigenvalue weighted by molar-refractivity contribution is -0.136. The van der Waals surface area contributed by atoms with Gasteiger partial charge in [-0.05, 0) is 52.3 Å². The van der Waals surface area contributed by atoms with E-state index in [2.05, 4.69) is 19.2 Å². The topological polar surface area (TPSA) is 45.5 Å². The minimum absolute atomic E-state index is 0.0211. The van der Waals surface area contributed by atoms with Crippen LogP contribution in [0.2, 0.25) is 0 Å². The van der Waals surface area contributed by atoms with Gasteiger partial charge in [0.25, 0.3) is 0 Å². The molecule has 1 atom stereocenters. The Bertz CT molecular complexity index is 420. The van der Waals surface area contributed by atoms with Crippen LogP contribution in [0, 0.1) is 6.92 Å². The standard InChI is InChI=1S/C15H24N2O2/c1-11(2)17(10-13-8-7-12(3)19-13)15(18)14-6-4-5-9-16-14/h7-8,11,14,16H,4-6,9-10H2,1-3H3. The van der Waals surface area contributed by atoms with Crippen LogP contribution in [0.3, 0.4) is 0 Å². The lowest BCUT2D eigenvalue weighted by atomic mass is 10.0. The molecule has 4 nitrogen and oxygen atoms in total. The Morgan fingerprint density at radius 1 is 1.47 bits per heavy atom. The van der Waals surface area contributed by atoms with Crippen molar-refractivity contribution in [2.45, 2.75) is 58.7 Å². The number of amides is 1. The summed E-state index contributed by atoms with van der Waals surface area (Å²) in [4.78, 5) is 14.5. The zero-order valence-electron chi connectivity index (χ0n) is 12.1. The molecule has 1 aromatic heterocycles. The lowest BCUT2D eigenvalue weighted by Gasteiger charge is -2.32. The summed E-state index contributed by atoms with van der Waals surface area (Å²) in [5.41, 5.74) is 0. The number of nitrogens with one attached hydrogen (secondary N) is 1. The van der Waals surface area contributed by atoms with Gasteiger partial charge in [-0.2, -0.15) is 0 Å². The highest BCUT2D eigenvalue weighted by Gasteiger charge is 2.27. The normalized spacial score (nSPS) is 19.7. The number of hydrogen-bond acceptors (Lipinski definition) is 3. The van der Waals surface area contributed by atoms with Gasteiger partial charge in [0.2, 0.25) is 5.91 Å². The van der Waals surface area contributed by atoms with Gasteiger partial charge in [0.05, 0.1) is 12.6 Å². The van der Waals surface area contributed by atoms with Crippen molar-refractivity contribution in [3.05, 3.63) is 23.7 Å². The largest absolute Gasteiger partial charge is 0.464 e. The summed E-state index contributed by atoms with van der Waals surface area (Å²) in [6, 6.07) is 4.05. The highest BCUT2D eigenvalue weighted by molar-refractivity contribution is 5.82. The predicted molar refractivity (Wildman–Crippen MR) is 74.8 cm³/mol. The number of rotatable bonds is 4. The molecule has 0 bridgehead atoms. The van der Waals surface area contributed by atoms with Crippen LogP contribution in [0.25, 0.3) is 0 Å². The second-order valence-corrected chi connectivity index (χ2v) is 5.57. The number of carbonyl (C=O) groups is 1. The summed E-state index contributed by atoms with van der Waals surface area (Å²) < 4.78 is 5.59. The van der Waals surface area contributed by atoms with Crippen LogP contribution >= 0.6 is 0 Å². The molecule has 2 heterocycles. The van der Waals surface area contributed by atoms with Crippen LogP contribution in [0.5, 0.6) is 0 Å². The van der Waals surface area contributed by atoms with E-state index < -0.39 is 0 Å². The summed E-state index contributed by atoms with van der Waals surface area (Å²) >= 11 is 0. The van der Waals surface area contributed by atoms with E-state index >= 15 is 0 Å². The Morgan fingerprint density at radius 2 is 2.26 bits per heavy atom. The third-order valence-electron chi connectivity index (χ3n) is 3.64. The van der Waals surface area contributed by atoms with Crippen molar-refractivity contribution in [1.29, 1.82) is 0 Å². The average molecular weight is 264 g/mol. The summed E-state index contributed by atoms with van der Waals surface area (Å²) in [5, 5.41) is 3.32. The molecule has 0 aliphatic carbocycles. The molecule has 1 aliphatic rings. The molecule has 0 saturated carbocycles. The van der Waals surface area contributed by atoms with Crippen LogP contribution in [0.1, 0.15) is 44.6 Å². The average Bonchev–Trinajstić information content (AvgIpc) is 2.81. The fourth-order valence-electron chi connectivity index (χ4n) is 2.52. The Hall–Kier alpha value is -1.29. The Balaban J connectivity index is 2.04. The molecule has 4 heteroatoms. The molecule has 2 rings (SSSR count). The van der Waals surface area contributed by atoms with E-state index in [4.69, 9.17) is 4.42 Å². The van der Waals surface area contributed by atoms with Gasteiger partial charge in [0.15, 0.2) is 0 Å². The SMILES string of the molecule is Cc1ccc(CN(C(=O)C2CCCCN2)C(C)C)o1. The second kappa shape index (κ2) is 6.24.